The second-order valence-electron chi connectivity index (χ2n) is 7.86. The quantitative estimate of drug-likeness (QED) is 0.605. The number of hydrogen-bond donors (Lipinski definition) is 0. The average molecular weight is 397 g/mol. The highest BCUT2D eigenvalue weighted by atomic mass is 35.5. The Morgan fingerprint density at radius 1 is 1.11 bits per heavy atom. The molecule has 0 radical (unpaired) electrons. The molecule has 1 aliphatic heterocycles. The number of piperidine rings is 1. The van der Waals surface area contributed by atoms with Gasteiger partial charge in [0.25, 0.3) is 5.91 Å². The predicted molar refractivity (Wildman–Crippen MR) is 112 cm³/mol. The Bertz CT molecular complexity index is 1030. The Labute approximate surface area is 170 Å². The number of likely N-dealkylation sites (tertiary alicyclic amines) is 1. The number of aromatic nitrogens is 3. The van der Waals surface area contributed by atoms with Crippen LogP contribution in [0.4, 0.5) is 0 Å². The van der Waals surface area contributed by atoms with Crippen LogP contribution in [0, 0.1) is 13.8 Å². The fourth-order valence-corrected chi connectivity index (χ4v) is 4.53. The van der Waals surface area contributed by atoms with Crippen LogP contribution >= 0.6 is 11.6 Å². The molecule has 0 unspecified atom stereocenters. The van der Waals surface area contributed by atoms with E-state index in [1.165, 1.54) is 5.56 Å². The van der Waals surface area contributed by atoms with Crippen molar-refractivity contribution in [3.8, 4) is 5.69 Å². The lowest BCUT2D eigenvalue weighted by Gasteiger charge is -2.39. The fraction of sp³-hybridized carbons (Fsp3) is 0.409. The van der Waals surface area contributed by atoms with E-state index < -0.39 is 0 Å². The van der Waals surface area contributed by atoms with E-state index in [0.29, 0.717) is 16.2 Å². The Morgan fingerprint density at radius 3 is 2.39 bits per heavy atom. The molecule has 1 fully saturated rings. The first kappa shape index (κ1) is 18.9. The monoisotopic (exact) mass is 396 g/mol. The lowest BCUT2D eigenvalue weighted by molar-refractivity contribution is 0.0510. The van der Waals surface area contributed by atoms with Gasteiger partial charge in [-0.3, -0.25) is 4.79 Å². The minimum Gasteiger partial charge on any atom is -0.333 e. The molecule has 28 heavy (non-hydrogen) atoms. The highest BCUT2D eigenvalue weighted by Crippen LogP contribution is 2.32. The highest BCUT2D eigenvalue weighted by molar-refractivity contribution is 6.38. The number of nitrogens with zero attached hydrogens (tertiary/aromatic N) is 4. The second-order valence-corrected chi connectivity index (χ2v) is 8.24. The number of amides is 1. The van der Waals surface area contributed by atoms with Crippen molar-refractivity contribution in [2.75, 3.05) is 0 Å². The molecule has 1 aromatic carbocycles. The first-order valence-electron chi connectivity index (χ1n) is 9.82. The largest absolute Gasteiger partial charge is 0.333 e. The van der Waals surface area contributed by atoms with Crippen LogP contribution in [0.25, 0.3) is 16.7 Å². The maximum Gasteiger partial charge on any atom is 0.257 e. The van der Waals surface area contributed by atoms with Gasteiger partial charge in [0.1, 0.15) is 0 Å². The number of carbonyl (C=O) groups is 1. The SMILES string of the molecule is Cc1ccc(-n2nc(C)c3c(Cl)c(C(=O)N4[C@H](C)CCC[C@H]4C)cnc32)cc1. The molecule has 0 bridgehead atoms. The lowest BCUT2D eigenvalue weighted by atomic mass is 9.96. The lowest BCUT2D eigenvalue weighted by Crippen LogP contribution is -2.47. The van der Waals surface area contributed by atoms with Gasteiger partial charge in [0.15, 0.2) is 5.65 Å². The molecule has 3 aromatic rings. The molecule has 2 atom stereocenters. The van der Waals surface area contributed by atoms with Crippen LogP contribution < -0.4 is 0 Å². The maximum absolute atomic E-state index is 13.3. The van der Waals surface area contributed by atoms with Gasteiger partial charge in [-0.2, -0.15) is 5.10 Å². The standard InChI is InChI=1S/C22H25ClN4O/c1-13-8-10-17(11-9-13)27-21-19(16(4)25-27)20(23)18(12-24-21)22(28)26-14(2)6-5-7-15(26)3/h8-12,14-15H,5-7H2,1-4H3/t14-,15-/m1/s1. The Hall–Kier alpha value is -2.40. The molecule has 1 amide bonds. The van der Waals surface area contributed by atoms with Crippen molar-refractivity contribution in [3.63, 3.8) is 0 Å². The van der Waals surface area contributed by atoms with E-state index >= 15 is 0 Å². The van der Waals surface area contributed by atoms with E-state index in [9.17, 15) is 4.79 Å². The number of fused-ring (bicyclic) bond motifs is 1. The van der Waals surface area contributed by atoms with Gasteiger partial charge >= 0.3 is 0 Å². The Kier molecular flexibility index (Phi) is 4.88. The molecule has 5 nitrogen and oxygen atoms in total. The molecular formula is C22H25ClN4O. The maximum atomic E-state index is 13.3. The third-order valence-electron chi connectivity index (χ3n) is 5.74. The number of hydrogen-bond acceptors (Lipinski definition) is 3. The van der Waals surface area contributed by atoms with Gasteiger partial charge in [0.05, 0.1) is 27.4 Å². The third kappa shape index (κ3) is 3.08. The van der Waals surface area contributed by atoms with Gasteiger partial charge < -0.3 is 4.90 Å². The summed E-state index contributed by atoms with van der Waals surface area (Å²) >= 11 is 6.74. The first-order chi connectivity index (χ1) is 13.4. The summed E-state index contributed by atoms with van der Waals surface area (Å²) in [5.41, 5.74) is 4.00. The number of carbonyl (C=O) groups excluding carboxylic acids is 1. The van der Waals surface area contributed by atoms with Crippen LogP contribution in [0.1, 0.15) is 54.7 Å². The molecule has 0 saturated carbocycles. The molecule has 146 valence electrons. The van der Waals surface area contributed by atoms with Crippen molar-refractivity contribution >= 4 is 28.5 Å². The van der Waals surface area contributed by atoms with Gasteiger partial charge in [0, 0.05) is 18.3 Å². The van der Waals surface area contributed by atoms with Crippen LogP contribution in [0.5, 0.6) is 0 Å². The molecule has 6 heteroatoms. The fourth-order valence-electron chi connectivity index (χ4n) is 4.18. The van der Waals surface area contributed by atoms with E-state index in [2.05, 4.69) is 23.9 Å². The summed E-state index contributed by atoms with van der Waals surface area (Å²) in [6.07, 6.45) is 4.80. The summed E-state index contributed by atoms with van der Waals surface area (Å²) in [6.45, 7) is 8.16. The molecule has 3 heterocycles. The van der Waals surface area contributed by atoms with E-state index in [-0.39, 0.29) is 18.0 Å². The van der Waals surface area contributed by atoms with Gasteiger partial charge in [-0.05, 0) is 59.1 Å². The molecule has 4 rings (SSSR count). The van der Waals surface area contributed by atoms with Crippen LogP contribution in [0.3, 0.4) is 0 Å². The average Bonchev–Trinajstić information content (AvgIpc) is 3.00. The molecular weight excluding hydrogens is 372 g/mol. The van der Waals surface area contributed by atoms with Gasteiger partial charge in [-0.15, -0.1) is 0 Å². The van der Waals surface area contributed by atoms with Crippen molar-refractivity contribution in [2.24, 2.45) is 0 Å². The summed E-state index contributed by atoms with van der Waals surface area (Å²) in [4.78, 5) is 19.8. The van der Waals surface area contributed by atoms with Crippen LogP contribution in [0.2, 0.25) is 5.02 Å². The van der Waals surface area contributed by atoms with E-state index in [0.717, 1.165) is 36.0 Å². The zero-order valence-electron chi connectivity index (χ0n) is 16.7. The first-order valence-corrected chi connectivity index (χ1v) is 10.2. The zero-order valence-corrected chi connectivity index (χ0v) is 17.5. The highest BCUT2D eigenvalue weighted by Gasteiger charge is 2.32. The molecule has 0 N–H and O–H groups in total. The van der Waals surface area contributed by atoms with Crippen molar-refractivity contribution in [1.82, 2.24) is 19.7 Å². The Balaban J connectivity index is 1.80. The van der Waals surface area contributed by atoms with Gasteiger partial charge in [0.2, 0.25) is 0 Å². The summed E-state index contributed by atoms with van der Waals surface area (Å²) < 4.78 is 1.79. The van der Waals surface area contributed by atoms with E-state index in [4.69, 9.17) is 11.6 Å². The van der Waals surface area contributed by atoms with Crippen molar-refractivity contribution < 1.29 is 4.79 Å². The van der Waals surface area contributed by atoms with Gasteiger partial charge in [-0.1, -0.05) is 29.3 Å². The number of halogens is 1. The van der Waals surface area contributed by atoms with Crippen molar-refractivity contribution in [1.29, 1.82) is 0 Å². The smallest absolute Gasteiger partial charge is 0.257 e. The zero-order chi connectivity index (χ0) is 20.0. The predicted octanol–water partition coefficient (Wildman–Crippen LogP) is 5.09. The summed E-state index contributed by atoms with van der Waals surface area (Å²) in [5.74, 6) is -0.0402. The number of rotatable bonds is 2. The summed E-state index contributed by atoms with van der Waals surface area (Å²) in [6, 6.07) is 8.51. The number of benzene rings is 1. The van der Waals surface area contributed by atoms with Crippen molar-refractivity contribution in [2.45, 2.75) is 59.0 Å². The van der Waals surface area contributed by atoms with Gasteiger partial charge in [-0.25, -0.2) is 9.67 Å². The topological polar surface area (TPSA) is 51.0 Å². The Morgan fingerprint density at radius 2 is 1.75 bits per heavy atom. The van der Waals surface area contributed by atoms with Crippen LogP contribution in [0.15, 0.2) is 30.5 Å². The van der Waals surface area contributed by atoms with Crippen molar-refractivity contribution in [3.05, 3.63) is 52.3 Å². The molecule has 1 aliphatic rings. The summed E-state index contributed by atoms with van der Waals surface area (Å²) in [5, 5.41) is 5.82. The third-order valence-corrected chi connectivity index (χ3v) is 6.14. The van der Waals surface area contributed by atoms with E-state index in [1.807, 2.05) is 43.0 Å². The molecule has 0 spiro atoms. The molecule has 0 aliphatic carbocycles. The molecule has 1 saturated heterocycles. The normalized spacial score (nSPS) is 20.0. The van der Waals surface area contributed by atoms with E-state index in [1.54, 1.807) is 10.9 Å². The van der Waals surface area contributed by atoms with Crippen LogP contribution in [-0.4, -0.2) is 37.7 Å². The number of pyridine rings is 1. The summed E-state index contributed by atoms with van der Waals surface area (Å²) in [7, 11) is 0. The minimum atomic E-state index is -0.0402. The number of aryl methyl sites for hydroxylation is 2. The van der Waals surface area contributed by atoms with Crippen LogP contribution in [-0.2, 0) is 0 Å². The minimum absolute atomic E-state index is 0.0402. The second kappa shape index (κ2) is 7.21. The molecule has 2 aromatic heterocycles.